The molecule has 0 radical (unpaired) electrons. The van der Waals surface area contributed by atoms with Crippen molar-refractivity contribution >= 4 is 15.9 Å². The molecule has 4 nitrogen and oxygen atoms in total. The van der Waals surface area contributed by atoms with Crippen molar-refractivity contribution in [1.29, 1.82) is 0 Å². The first-order chi connectivity index (χ1) is 9.24. The second-order valence-corrected chi connectivity index (χ2v) is 5.06. The molecule has 0 atom stereocenters. The number of hydrogen-bond acceptors (Lipinski definition) is 4. The van der Waals surface area contributed by atoms with Gasteiger partial charge in [0.15, 0.2) is 12.2 Å². The Morgan fingerprint density at radius 1 is 1.42 bits per heavy atom. The molecule has 0 bridgehead atoms. The van der Waals surface area contributed by atoms with E-state index in [0.29, 0.717) is 13.2 Å². The average molecular weight is 325 g/mol. The Balaban J connectivity index is 2.17. The van der Waals surface area contributed by atoms with E-state index in [-0.39, 0.29) is 0 Å². The SMILES string of the molecule is COCCNCc1ncoc1-c1cccc(Br)c1C. The fourth-order valence-corrected chi connectivity index (χ4v) is 2.21. The number of ether oxygens (including phenoxy) is 1. The zero-order chi connectivity index (χ0) is 13.7. The molecule has 0 saturated heterocycles. The van der Waals surface area contributed by atoms with E-state index in [1.165, 1.54) is 6.39 Å². The zero-order valence-corrected chi connectivity index (χ0v) is 12.7. The summed E-state index contributed by atoms with van der Waals surface area (Å²) in [6.45, 7) is 4.20. The highest BCUT2D eigenvalue weighted by Crippen LogP contribution is 2.30. The van der Waals surface area contributed by atoms with Crippen LogP contribution < -0.4 is 5.32 Å². The third-order valence-corrected chi connectivity index (χ3v) is 3.79. The summed E-state index contributed by atoms with van der Waals surface area (Å²) in [6, 6.07) is 6.06. The molecule has 0 unspecified atom stereocenters. The molecule has 0 aliphatic heterocycles. The molecule has 19 heavy (non-hydrogen) atoms. The van der Waals surface area contributed by atoms with Gasteiger partial charge >= 0.3 is 0 Å². The lowest BCUT2D eigenvalue weighted by Gasteiger charge is -2.07. The van der Waals surface area contributed by atoms with Gasteiger partial charge in [0.25, 0.3) is 0 Å². The molecule has 1 aromatic carbocycles. The predicted octanol–water partition coefficient (Wildman–Crippen LogP) is 3.15. The van der Waals surface area contributed by atoms with Crippen LogP contribution in [0, 0.1) is 6.92 Å². The Kier molecular flexibility index (Phi) is 5.13. The lowest BCUT2D eigenvalue weighted by molar-refractivity contribution is 0.199. The van der Waals surface area contributed by atoms with Crippen LogP contribution in [0.3, 0.4) is 0 Å². The van der Waals surface area contributed by atoms with Gasteiger partial charge in [-0.3, -0.25) is 0 Å². The van der Waals surface area contributed by atoms with Crippen LogP contribution in [0.4, 0.5) is 0 Å². The van der Waals surface area contributed by atoms with Crippen LogP contribution in [-0.2, 0) is 11.3 Å². The third-order valence-electron chi connectivity index (χ3n) is 2.93. The number of benzene rings is 1. The second kappa shape index (κ2) is 6.84. The smallest absolute Gasteiger partial charge is 0.181 e. The maximum absolute atomic E-state index is 5.54. The molecule has 1 N–H and O–H groups in total. The second-order valence-electron chi connectivity index (χ2n) is 4.21. The van der Waals surface area contributed by atoms with Gasteiger partial charge < -0.3 is 14.5 Å². The summed E-state index contributed by atoms with van der Waals surface area (Å²) in [6.07, 6.45) is 1.49. The first kappa shape index (κ1) is 14.2. The van der Waals surface area contributed by atoms with Crippen LogP contribution >= 0.6 is 15.9 Å². The highest BCUT2D eigenvalue weighted by molar-refractivity contribution is 9.10. The van der Waals surface area contributed by atoms with Gasteiger partial charge in [0.1, 0.15) is 5.69 Å². The number of oxazole rings is 1. The number of rotatable bonds is 6. The normalized spacial score (nSPS) is 10.9. The standard InChI is InChI=1S/C14H17BrN2O2/c1-10-11(4-3-5-12(10)15)14-13(17-9-19-14)8-16-6-7-18-2/h3-5,9,16H,6-8H2,1-2H3. The van der Waals surface area contributed by atoms with Gasteiger partial charge in [0.05, 0.1) is 6.61 Å². The quantitative estimate of drug-likeness (QED) is 0.829. The first-order valence-electron chi connectivity index (χ1n) is 6.11. The van der Waals surface area contributed by atoms with Gasteiger partial charge in [0, 0.05) is 30.2 Å². The molecular formula is C14H17BrN2O2. The summed E-state index contributed by atoms with van der Waals surface area (Å²) in [7, 11) is 1.69. The van der Waals surface area contributed by atoms with E-state index in [2.05, 4.69) is 33.2 Å². The van der Waals surface area contributed by atoms with Gasteiger partial charge in [-0.05, 0) is 18.6 Å². The van der Waals surface area contributed by atoms with Crippen molar-refractivity contribution in [2.75, 3.05) is 20.3 Å². The van der Waals surface area contributed by atoms with E-state index in [9.17, 15) is 0 Å². The summed E-state index contributed by atoms with van der Waals surface area (Å²) in [5.74, 6) is 0.823. The minimum absolute atomic E-state index is 0.668. The topological polar surface area (TPSA) is 47.3 Å². The molecule has 2 rings (SSSR count). The summed E-state index contributed by atoms with van der Waals surface area (Å²) in [5, 5.41) is 3.27. The maximum Gasteiger partial charge on any atom is 0.181 e. The fourth-order valence-electron chi connectivity index (χ4n) is 1.85. The molecule has 1 heterocycles. The summed E-state index contributed by atoms with van der Waals surface area (Å²) in [4.78, 5) is 4.28. The lowest BCUT2D eigenvalue weighted by Crippen LogP contribution is -2.19. The zero-order valence-electron chi connectivity index (χ0n) is 11.1. The predicted molar refractivity (Wildman–Crippen MR) is 78.0 cm³/mol. The van der Waals surface area contributed by atoms with Crippen LogP contribution in [0.1, 0.15) is 11.3 Å². The van der Waals surface area contributed by atoms with Crippen molar-refractivity contribution in [3.63, 3.8) is 0 Å². The number of nitrogens with one attached hydrogen (secondary N) is 1. The summed E-state index contributed by atoms with van der Waals surface area (Å²) >= 11 is 3.54. The number of nitrogens with zero attached hydrogens (tertiary/aromatic N) is 1. The molecule has 1 aromatic heterocycles. The molecule has 0 saturated carbocycles. The van der Waals surface area contributed by atoms with Gasteiger partial charge in [-0.15, -0.1) is 0 Å². The van der Waals surface area contributed by atoms with Crippen LogP contribution in [-0.4, -0.2) is 25.2 Å². The Morgan fingerprint density at radius 2 is 2.26 bits per heavy atom. The summed E-state index contributed by atoms with van der Waals surface area (Å²) < 4.78 is 11.6. The van der Waals surface area contributed by atoms with Crippen LogP contribution in [0.2, 0.25) is 0 Å². The van der Waals surface area contributed by atoms with Crippen molar-refractivity contribution in [2.45, 2.75) is 13.5 Å². The largest absolute Gasteiger partial charge is 0.443 e. The number of aromatic nitrogens is 1. The Labute approximate surface area is 121 Å². The van der Waals surface area contributed by atoms with E-state index >= 15 is 0 Å². The molecule has 0 spiro atoms. The van der Waals surface area contributed by atoms with E-state index in [4.69, 9.17) is 9.15 Å². The number of halogens is 1. The highest BCUT2D eigenvalue weighted by atomic mass is 79.9. The van der Waals surface area contributed by atoms with E-state index in [0.717, 1.165) is 33.6 Å². The maximum atomic E-state index is 5.54. The lowest BCUT2D eigenvalue weighted by atomic mass is 10.1. The Morgan fingerprint density at radius 3 is 3.05 bits per heavy atom. The molecule has 102 valence electrons. The minimum atomic E-state index is 0.668. The van der Waals surface area contributed by atoms with Crippen LogP contribution in [0.25, 0.3) is 11.3 Å². The minimum Gasteiger partial charge on any atom is -0.443 e. The van der Waals surface area contributed by atoms with Gasteiger partial charge in [-0.2, -0.15) is 0 Å². The van der Waals surface area contributed by atoms with Crippen molar-refractivity contribution in [3.8, 4) is 11.3 Å². The van der Waals surface area contributed by atoms with Crippen LogP contribution in [0.15, 0.2) is 33.5 Å². The summed E-state index contributed by atoms with van der Waals surface area (Å²) in [5.41, 5.74) is 3.13. The molecule has 5 heteroatoms. The molecule has 0 aliphatic rings. The van der Waals surface area contributed by atoms with Gasteiger partial charge in [-0.1, -0.05) is 28.1 Å². The Bertz CT molecular complexity index is 540. The highest BCUT2D eigenvalue weighted by Gasteiger charge is 2.13. The van der Waals surface area contributed by atoms with Crippen LogP contribution in [0.5, 0.6) is 0 Å². The van der Waals surface area contributed by atoms with Crippen molar-refractivity contribution in [1.82, 2.24) is 10.3 Å². The monoisotopic (exact) mass is 324 g/mol. The van der Waals surface area contributed by atoms with Gasteiger partial charge in [-0.25, -0.2) is 4.98 Å². The third kappa shape index (κ3) is 3.43. The van der Waals surface area contributed by atoms with Crippen molar-refractivity contribution in [3.05, 3.63) is 40.3 Å². The molecule has 2 aromatic rings. The van der Waals surface area contributed by atoms with E-state index in [1.54, 1.807) is 7.11 Å². The van der Waals surface area contributed by atoms with Gasteiger partial charge in [0.2, 0.25) is 0 Å². The van der Waals surface area contributed by atoms with E-state index in [1.807, 2.05) is 18.2 Å². The molecule has 0 amide bonds. The number of methoxy groups -OCH3 is 1. The van der Waals surface area contributed by atoms with Crippen molar-refractivity contribution in [2.24, 2.45) is 0 Å². The molecule has 0 fully saturated rings. The number of hydrogen-bond donors (Lipinski definition) is 1. The molecule has 0 aliphatic carbocycles. The fraction of sp³-hybridized carbons (Fsp3) is 0.357. The molecular weight excluding hydrogens is 308 g/mol. The Hall–Kier alpha value is -1.17. The van der Waals surface area contributed by atoms with E-state index < -0.39 is 0 Å². The van der Waals surface area contributed by atoms with Crippen molar-refractivity contribution < 1.29 is 9.15 Å². The first-order valence-corrected chi connectivity index (χ1v) is 6.91. The average Bonchev–Trinajstić information content (AvgIpc) is 2.86.